The molecule has 0 atom stereocenters. The van der Waals surface area contributed by atoms with Crippen LogP contribution in [0.3, 0.4) is 0 Å². The van der Waals surface area contributed by atoms with E-state index in [-0.39, 0.29) is 11.1 Å². The minimum atomic E-state index is -2.10. The average molecular weight is 478 g/mol. The van der Waals surface area contributed by atoms with Crippen molar-refractivity contribution in [2.75, 3.05) is 0 Å². The van der Waals surface area contributed by atoms with Crippen LogP contribution in [-0.2, 0) is 8.67 Å². The second-order valence-corrected chi connectivity index (χ2v) is 10.8. The highest BCUT2D eigenvalue weighted by Gasteiger charge is 2.54. The van der Waals surface area contributed by atoms with Crippen molar-refractivity contribution in [2.45, 2.75) is 16.3 Å². The van der Waals surface area contributed by atoms with E-state index in [2.05, 4.69) is 6.07 Å². The van der Waals surface area contributed by atoms with Crippen LogP contribution in [0.5, 0.6) is 0 Å². The van der Waals surface area contributed by atoms with Gasteiger partial charge in [-0.2, -0.15) is 0 Å². The molecule has 0 bridgehead atoms. The highest BCUT2D eigenvalue weighted by molar-refractivity contribution is 6.76. The van der Waals surface area contributed by atoms with Gasteiger partial charge in [-0.1, -0.05) is 134 Å². The van der Waals surface area contributed by atoms with Crippen molar-refractivity contribution in [3.8, 4) is 0 Å². The molecule has 0 spiro atoms. The lowest BCUT2D eigenvalue weighted by Gasteiger charge is -2.35. The average Bonchev–Trinajstić information content (AvgIpc) is 2.26. The Morgan fingerprint density at radius 3 is 1.55 bits per heavy atom. The smallest absolute Gasteiger partial charge is 0.0915 e. The van der Waals surface area contributed by atoms with Crippen LogP contribution in [0, 0.1) is 6.07 Å². The summed E-state index contributed by atoms with van der Waals surface area (Å²) in [5.74, 6) is 0. The molecule has 20 heavy (non-hydrogen) atoms. The van der Waals surface area contributed by atoms with Crippen LogP contribution in [0.25, 0.3) is 0 Å². The summed E-state index contributed by atoms with van der Waals surface area (Å²) < 4.78 is -8.19. The van der Waals surface area contributed by atoms with E-state index in [9.17, 15) is 0 Å². The highest BCUT2D eigenvalue weighted by Crippen LogP contribution is 2.59. The molecule has 0 amide bonds. The van der Waals surface area contributed by atoms with Crippen LogP contribution in [0.15, 0.2) is 18.2 Å². The third-order valence-electron chi connectivity index (χ3n) is 2.22. The van der Waals surface area contributed by atoms with Gasteiger partial charge in [-0.15, -0.1) is 0 Å². The summed E-state index contributed by atoms with van der Waals surface area (Å²) in [6.07, 6.45) is 0. The van der Waals surface area contributed by atoms with Gasteiger partial charge in [0.25, 0.3) is 0 Å². The van der Waals surface area contributed by atoms with E-state index < -0.39 is 16.3 Å². The van der Waals surface area contributed by atoms with E-state index in [4.69, 9.17) is 116 Å². The molecule has 1 aromatic carbocycles. The molecule has 1 rings (SSSR count). The Balaban J connectivity index is 3.55. The second kappa shape index (κ2) is 6.55. The quantitative estimate of drug-likeness (QED) is 0.387. The predicted octanol–water partition coefficient (Wildman–Crippen LogP) is 7.49. The van der Waals surface area contributed by atoms with Crippen molar-refractivity contribution in [1.29, 1.82) is 0 Å². The Morgan fingerprint density at radius 2 is 1.15 bits per heavy atom. The maximum Gasteiger partial charge on any atom is 0.227 e. The van der Waals surface area contributed by atoms with Gasteiger partial charge in [0.1, 0.15) is 0 Å². The molecule has 1 aromatic rings. The van der Waals surface area contributed by atoms with Crippen LogP contribution in [0.1, 0.15) is 11.1 Å². The molecule has 0 nitrogen and oxygen atoms in total. The number of halogens is 10. The first-order chi connectivity index (χ1) is 8.73. The van der Waals surface area contributed by atoms with Gasteiger partial charge in [-0.3, -0.25) is 0 Å². The lowest BCUT2D eigenvalue weighted by Crippen LogP contribution is -2.35. The first kappa shape index (κ1) is 20.2. The molecular weight excluding hydrogens is 475 g/mol. The Kier molecular flexibility index (Phi) is 6.61. The van der Waals surface area contributed by atoms with E-state index >= 15 is 0 Å². The fourth-order valence-electron chi connectivity index (χ4n) is 1.25. The van der Waals surface area contributed by atoms with Crippen LogP contribution in [-0.4, -0.2) is 7.59 Å². The van der Waals surface area contributed by atoms with Gasteiger partial charge in [0.2, 0.25) is 7.59 Å². The molecule has 1 radical (unpaired) electrons. The molecular formula is C10H3Cl10. The standard InChI is InChI=1S/C10H3Cl10/c11-7(12,9(15,16)17)5-3-1-2-4-6(5)8(13,14)10(18,19)20/h1-3H. The monoisotopic (exact) mass is 473 g/mol. The maximum atomic E-state index is 6.10. The molecule has 0 aliphatic rings. The number of benzene rings is 1. The second-order valence-electron chi connectivity index (χ2n) is 3.60. The first-order valence-corrected chi connectivity index (χ1v) is 8.41. The van der Waals surface area contributed by atoms with Crippen LogP contribution >= 0.6 is 116 Å². The summed E-state index contributed by atoms with van der Waals surface area (Å²) in [5, 5.41) is 0. The van der Waals surface area contributed by atoms with Crippen molar-refractivity contribution in [2.24, 2.45) is 0 Å². The van der Waals surface area contributed by atoms with Gasteiger partial charge in [-0.25, -0.2) is 0 Å². The van der Waals surface area contributed by atoms with Gasteiger partial charge in [-0.05, 0) is 11.6 Å². The topological polar surface area (TPSA) is 0 Å². The SMILES string of the molecule is ClC(Cl)(Cl)C(Cl)(Cl)c1[c]cccc1C(Cl)(Cl)C(Cl)(Cl)Cl. The summed E-state index contributed by atoms with van der Waals surface area (Å²) in [6, 6.07) is 7.14. The Morgan fingerprint density at radius 1 is 0.700 bits per heavy atom. The normalized spacial score (nSPS) is 14.5. The van der Waals surface area contributed by atoms with Gasteiger partial charge >= 0.3 is 0 Å². The molecule has 10 heteroatoms. The van der Waals surface area contributed by atoms with E-state index in [0.29, 0.717) is 0 Å². The van der Waals surface area contributed by atoms with Crippen molar-refractivity contribution >= 4 is 116 Å². The summed E-state index contributed by atoms with van der Waals surface area (Å²) >= 11 is 58.9. The minimum absolute atomic E-state index is 0.0142. The number of hydrogen-bond acceptors (Lipinski definition) is 0. The molecule has 0 saturated heterocycles. The summed E-state index contributed by atoms with van der Waals surface area (Å²) in [6.45, 7) is 0. The molecule has 0 aliphatic heterocycles. The van der Waals surface area contributed by atoms with Gasteiger partial charge in [0.05, 0.1) is 0 Å². The number of hydrogen-bond donors (Lipinski definition) is 0. The Hall–Kier alpha value is 2.12. The van der Waals surface area contributed by atoms with Crippen molar-refractivity contribution < 1.29 is 0 Å². The molecule has 0 N–H and O–H groups in total. The number of rotatable bonds is 2. The van der Waals surface area contributed by atoms with E-state index in [1.165, 1.54) is 18.2 Å². The molecule has 0 heterocycles. The highest BCUT2D eigenvalue weighted by atomic mass is 35.6. The van der Waals surface area contributed by atoms with E-state index in [0.717, 1.165) is 0 Å². The summed E-state index contributed by atoms with van der Waals surface area (Å²) in [5.41, 5.74) is 0.0410. The fraction of sp³-hybridized carbons (Fsp3) is 0.400. The summed E-state index contributed by atoms with van der Waals surface area (Å²) in [7, 11) is 0. The number of alkyl halides is 10. The van der Waals surface area contributed by atoms with Crippen LogP contribution < -0.4 is 0 Å². The molecule has 0 saturated carbocycles. The zero-order chi connectivity index (χ0) is 16.0. The zero-order valence-corrected chi connectivity index (χ0v) is 16.6. The third-order valence-corrected chi connectivity index (χ3v) is 7.00. The lowest BCUT2D eigenvalue weighted by molar-refractivity contribution is 0.800. The summed E-state index contributed by atoms with van der Waals surface area (Å²) in [4.78, 5) is 0. The third kappa shape index (κ3) is 3.96. The first-order valence-electron chi connectivity index (χ1n) is 4.63. The predicted molar refractivity (Wildman–Crippen MR) is 92.6 cm³/mol. The van der Waals surface area contributed by atoms with Crippen molar-refractivity contribution in [3.63, 3.8) is 0 Å². The molecule has 0 aliphatic carbocycles. The Bertz CT molecular complexity index is 437. The Labute approximate surface area is 166 Å². The largest absolute Gasteiger partial charge is 0.227 e. The van der Waals surface area contributed by atoms with Crippen LogP contribution in [0.2, 0.25) is 0 Å². The molecule has 0 fully saturated rings. The van der Waals surface area contributed by atoms with Crippen LogP contribution in [0.4, 0.5) is 0 Å². The van der Waals surface area contributed by atoms with Crippen molar-refractivity contribution in [3.05, 3.63) is 35.4 Å². The fourth-order valence-corrected chi connectivity index (χ4v) is 2.47. The van der Waals surface area contributed by atoms with Gasteiger partial charge in [0, 0.05) is 5.56 Å². The maximum absolute atomic E-state index is 6.10. The molecule has 0 unspecified atom stereocenters. The van der Waals surface area contributed by atoms with Crippen molar-refractivity contribution in [1.82, 2.24) is 0 Å². The molecule has 113 valence electrons. The zero-order valence-electron chi connectivity index (χ0n) is 9.01. The van der Waals surface area contributed by atoms with Gasteiger partial charge in [0.15, 0.2) is 8.67 Å². The van der Waals surface area contributed by atoms with E-state index in [1.54, 1.807) is 0 Å². The van der Waals surface area contributed by atoms with Gasteiger partial charge < -0.3 is 0 Å². The van der Waals surface area contributed by atoms with E-state index in [1.807, 2.05) is 0 Å². The lowest BCUT2D eigenvalue weighted by atomic mass is 10.0. The minimum Gasteiger partial charge on any atom is -0.0915 e. The molecule has 0 aromatic heterocycles.